The number of imidazole rings is 1. The van der Waals surface area contributed by atoms with Crippen LogP contribution in [0.1, 0.15) is 28.4 Å². The van der Waals surface area contributed by atoms with Crippen molar-refractivity contribution in [3.63, 3.8) is 0 Å². The zero-order valence-corrected chi connectivity index (χ0v) is 10.7. The number of carboxylic acids is 1. The molecule has 1 N–H and O–H groups in total. The van der Waals surface area contributed by atoms with Crippen molar-refractivity contribution in [2.75, 3.05) is 7.11 Å². The summed E-state index contributed by atoms with van der Waals surface area (Å²) in [5, 5.41) is 8.75. The zero-order valence-electron chi connectivity index (χ0n) is 10.7. The number of fused-ring (bicyclic) bond motifs is 1. The first-order chi connectivity index (χ1) is 9.04. The Balaban J connectivity index is 2.57. The van der Waals surface area contributed by atoms with Gasteiger partial charge in [0.05, 0.1) is 19.0 Å². The summed E-state index contributed by atoms with van der Waals surface area (Å²) in [4.78, 5) is 26.6. The molecule has 0 saturated heterocycles. The van der Waals surface area contributed by atoms with Gasteiger partial charge in [0.1, 0.15) is 5.82 Å². The average molecular weight is 262 g/mol. The fraction of sp³-hybridized carbons (Fsp3) is 0.308. The van der Waals surface area contributed by atoms with Crippen molar-refractivity contribution in [2.45, 2.75) is 19.8 Å². The van der Waals surface area contributed by atoms with E-state index in [0.717, 1.165) is 5.69 Å². The van der Waals surface area contributed by atoms with E-state index in [2.05, 4.69) is 4.98 Å². The Labute approximate surface area is 109 Å². The van der Waals surface area contributed by atoms with Gasteiger partial charge in [-0.2, -0.15) is 0 Å². The van der Waals surface area contributed by atoms with Crippen LogP contribution in [0.2, 0.25) is 0 Å². The number of aromatic nitrogens is 2. The van der Waals surface area contributed by atoms with E-state index < -0.39 is 11.9 Å². The first-order valence-electron chi connectivity index (χ1n) is 5.81. The Bertz CT molecular complexity index is 645. The Hall–Kier alpha value is -2.37. The summed E-state index contributed by atoms with van der Waals surface area (Å²) in [6.45, 7) is 1.88. The molecule has 0 aliphatic carbocycles. The Morgan fingerprint density at radius 3 is 2.79 bits per heavy atom. The number of carbonyl (C=O) groups is 2. The maximum Gasteiger partial charge on any atom is 0.358 e. The van der Waals surface area contributed by atoms with Crippen LogP contribution >= 0.6 is 0 Å². The summed E-state index contributed by atoms with van der Waals surface area (Å²) in [6, 6.07) is 5.45. The molecule has 0 unspecified atom stereocenters. The van der Waals surface area contributed by atoms with E-state index in [9.17, 15) is 9.59 Å². The van der Waals surface area contributed by atoms with Crippen molar-refractivity contribution in [1.29, 1.82) is 0 Å². The molecule has 0 amide bonds. The quantitative estimate of drug-likeness (QED) is 0.843. The number of rotatable bonds is 4. The molecule has 0 saturated carbocycles. The van der Waals surface area contributed by atoms with Crippen LogP contribution in [0.4, 0.5) is 0 Å². The summed E-state index contributed by atoms with van der Waals surface area (Å²) >= 11 is 0. The number of aliphatic carboxylic acids is 1. The van der Waals surface area contributed by atoms with Gasteiger partial charge in [0.25, 0.3) is 0 Å². The summed E-state index contributed by atoms with van der Waals surface area (Å²) < 4.78 is 6.48. The molecule has 6 nitrogen and oxygen atoms in total. The van der Waals surface area contributed by atoms with Gasteiger partial charge < -0.3 is 14.2 Å². The first kappa shape index (κ1) is 13.1. The Morgan fingerprint density at radius 1 is 1.42 bits per heavy atom. The number of carbonyl (C=O) groups excluding carboxylic acids is 1. The van der Waals surface area contributed by atoms with E-state index in [0.29, 0.717) is 11.3 Å². The minimum absolute atomic E-state index is 0.0337. The van der Waals surface area contributed by atoms with Crippen LogP contribution in [0.3, 0.4) is 0 Å². The monoisotopic (exact) mass is 262 g/mol. The molecule has 2 heterocycles. The van der Waals surface area contributed by atoms with Crippen LogP contribution in [0.5, 0.6) is 0 Å². The van der Waals surface area contributed by atoms with Crippen LogP contribution in [-0.4, -0.2) is 33.5 Å². The maximum absolute atomic E-state index is 11.7. The Morgan fingerprint density at radius 2 is 2.16 bits per heavy atom. The average Bonchev–Trinajstić information content (AvgIpc) is 2.76. The lowest BCUT2D eigenvalue weighted by atomic mass is 10.2. The molecule has 0 aliphatic rings. The number of aryl methyl sites for hydroxylation is 2. The second-order valence-electron chi connectivity index (χ2n) is 4.15. The maximum atomic E-state index is 11.7. The van der Waals surface area contributed by atoms with Gasteiger partial charge in [-0.05, 0) is 19.1 Å². The summed E-state index contributed by atoms with van der Waals surface area (Å²) in [5.74, 6) is -0.870. The van der Waals surface area contributed by atoms with Crippen molar-refractivity contribution < 1.29 is 19.4 Å². The summed E-state index contributed by atoms with van der Waals surface area (Å²) in [5.41, 5.74) is 1.74. The van der Waals surface area contributed by atoms with Crippen LogP contribution in [0.15, 0.2) is 18.2 Å². The summed E-state index contributed by atoms with van der Waals surface area (Å²) in [7, 11) is 1.29. The van der Waals surface area contributed by atoms with Crippen molar-refractivity contribution >= 4 is 17.5 Å². The SMILES string of the molecule is COC(=O)c1nc(CCC(=O)O)n2c(C)cccc12. The van der Waals surface area contributed by atoms with Crippen LogP contribution in [0, 0.1) is 6.92 Å². The lowest BCUT2D eigenvalue weighted by Gasteiger charge is -2.03. The number of hydrogen-bond acceptors (Lipinski definition) is 4. The number of esters is 1. The standard InChI is InChI=1S/C13H14N2O4/c1-8-4-3-5-9-12(13(18)19-2)14-10(15(8)9)6-7-11(16)17/h3-5H,6-7H2,1-2H3,(H,16,17). The molecule has 0 aliphatic heterocycles. The van der Waals surface area contributed by atoms with Gasteiger partial charge in [0.2, 0.25) is 0 Å². The molecule has 0 fully saturated rings. The normalized spacial score (nSPS) is 10.6. The fourth-order valence-electron chi connectivity index (χ4n) is 2.01. The molecule has 2 rings (SSSR count). The lowest BCUT2D eigenvalue weighted by molar-refractivity contribution is -0.137. The fourth-order valence-corrected chi connectivity index (χ4v) is 2.01. The first-order valence-corrected chi connectivity index (χ1v) is 5.81. The van der Waals surface area contributed by atoms with Gasteiger partial charge in [-0.3, -0.25) is 4.79 Å². The predicted molar refractivity (Wildman–Crippen MR) is 67.2 cm³/mol. The lowest BCUT2D eigenvalue weighted by Crippen LogP contribution is -2.03. The second kappa shape index (κ2) is 5.09. The largest absolute Gasteiger partial charge is 0.481 e. The van der Waals surface area contributed by atoms with Crippen molar-refractivity contribution in [3.05, 3.63) is 35.4 Å². The van der Waals surface area contributed by atoms with Crippen molar-refractivity contribution in [2.24, 2.45) is 0 Å². The van der Waals surface area contributed by atoms with Gasteiger partial charge in [-0.15, -0.1) is 0 Å². The van der Waals surface area contributed by atoms with E-state index in [4.69, 9.17) is 9.84 Å². The molecule has 0 bridgehead atoms. The Kier molecular flexibility index (Phi) is 3.50. The molecule has 0 atom stereocenters. The van der Waals surface area contributed by atoms with Crippen LogP contribution in [-0.2, 0) is 16.0 Å². The van der Waals surface area contributed by atoms with Gasteiger partial charge in [-0.1, -0.05) is 6.07 Å². The molecule has 6 heteroatoms. The van der Waals surface area contributed by atoms with Gasteiger partial charge >= 0.3 is 11.9 Å². The van der Waals surface area contributed by atoms with Crippen LogP contribution in [0.25, 0.3) is 5.52 Å². The molecular weight excluding hydrogens is 248 g/mol. The molecule has 0 radical (unpaired) electrons. The second-order valence-corrected chi connectivity index (χ2v) is 4.15. The number of nitrogens with zero attached hydrogens (tertiary/aromatic N) is 2. The van der Waals surface area contributed by atoms with E-state index in [1.165, 1.54) is 7.11 Å². The van der Waals surface area contributed by atoms with Crippen LogP contribution < -0.4 is 0 Å². The number of pyridine rings is 1. The molecule has 100 valence electrons. The van der Waals surface area contributed by atoms with E-state index in [1.807, 2.05) is 19.1 Å². The number of hydrogen-bond donors (Lipinski definition) is 1. The van der Waals surface area contributed by atoms with Crippen molar-refractivity contribution in [1.82, 2.24) is 9.38 Å². The number of carboxylic acid groups (broad SMARTS) is 1. The van der Waals surface area contributed by atoms with E-state index in [1.54, 1.807) is 10.5 Å². The smallest absolute Gasteiger partial charge is 0.358 e. The molecule has 2 aromatic rings. The van der Waals surface area contributed by atoms with Gasteiger partial charge in [0, 0.05) is 12.1 Å². The topological polar surface area (TPSA) is 80.9 Å². The van der Waals surface area contributed by atoms with Gasteiger partial charge in [-0.25, -0.2) is 9.78 Å². The van der Waals surface area contributed by atoms with Crippen molar-refractivity contribution in [3.8, 4) is 0 Å². The molecular formula is C13H14N2O4. The highest BCUT2D eigenvalue weighted by Crippen LogP contribution is 2.17. The van der Waals surface area contributed by atoms with Gasteiger partial charge in [0.15, 0.2) is 5.69 Å². The summed E-state index contributed by atoms with van der Waals surface area (Å²) in [6.07, 6.45) is 0.229. The van der Waals surface area contributed by atoms with E-state index >= 15 is 0 Å². The third-order valence-corrected chi connectivity index (χ3v) is 2.87. The number of methoxy groups -OCH3 is 1. The third kappa shape index (κ3) is 2.42. The molecule has 2 aromatic heterocycles. The highest BCUT2D eigenvalue weighted by molar-refractivity contribution is 5.95. The minimum Gasteiger partial charge on any atom is -0.481 e. The van der Waals surface area contributed by atoms with E-state index in [-0.39, 0.29) is 18.5 Å². The molecule has 19 heavy (non-hydrogen) atoms. The minimum atomic E-state index is -0.898. The number of ether oxygens (including phenoxy) is 1. The highest BCUT2D eigenvalue weighted by Gasteiger charge is 2.19. The predicted octanol–water partition coefficient (Wildman–Crippen LogP) is 1.45. The highest BCUT2D eigenvalue weighted by atomic mass is 16.5. The molecule has 0 spiro atoms. The third-order valence-electron chi connectivity index (χ3n) is 2.87. The zero-order chi connectivity index (χ0) is 14.0. The molecule has 0 aromatic carbocycles.